The molecule has 0 radical (unpaired) electrons. The molecule has 0 saturated heterocycles. The van der Waals surface area contributed by atoms with E-state index in [0.717, 1.165) is 37.6 Å². The van der Waals surface area contributed by atoms with Gasteiger partial charge in [0.15, 0.2) is 5.71 Å². The second-order valence-electron chi connectivity index (χ2n) is 14.5. The second kappa shape index (κ2) is 19.3. The number of hydrogen-bond donors (Lipinski definition) is 0. The Labute approximate surface area is 310 Å². The molecule has 0 unspecified atom stereocenters. The van der Waals surface area contributed by atoms with Crippen molar-refractivity contribution in [3.8, 4) is 0 Å². The molecule has 0 saturated carbocycles. The third-order valence-electron chi connectivity index (χ3n) is 10.1. The Balaban J connectivity index is 0.00000133. The molecule has 2 nitrogen and oxygen atoms in total. The van der Waals surface area contributed by atoms with Crippen LogP contribution in [-0.2, 0) is 10.8 Å². The predicted octanol–water partition coefficient (Wildman–Crippen LogP) is 10.1. The molecule has 0 N–H and O–H groups in total. The topological polar surface area (TPSA) is 6.25 Å². The second-order valence-corrected chi connectivity index (χ2v) is 14.5. The van der Waals surface area contributed by atoms with Crippen molar-refractivity contribution in [3.05, 3.63) is 143 Å². The first-order chi connectivity index (χ1) is 24.6. The Kier molecular flexibility index (Phi) is 15.5. The normalized spacial score (nSPS) is 17.7. The van der Waals surface area contributed by atoms with Crippen molar-refractivity contribution in [2.45, 2.75) is 104 Å². The molecule has 2 aliphatic heterocycles. The van der Waals surface area contributed by atoms with Crippen LogP contribution in [-0.4, -0.2) is 23.4 Å². The Bertz CT molecular complexity index is 1940. The van der Waals surface area contributed by atoms with E-state index in [1.54, 1.807) is 6.08 Å². The molecule has 2 heteroatoms. The van der Waals surface area contributed by atoms with Crippen LogP contribution in [0.25, 0.3) is 24.8 Å². The third-order valence-corrected chi connectivity index (χ3v) is 10.1. The monoisotopic (exact) mass is 682 g/mol. The van der Waals surface area contributed by atoms with E-state index in [1.165, 1.54) is 75.2 Å². The fourth-order valence-electron chi connectivity index (χ4n) is 7.89. The molecule has 0 aromatic heterocycles. The minimum absolute atomic E-state index is 0.0402. The summed E-state index contributed by atoms with van der Waals surface area (Å²) in [5.41, 5.74) is 8.10. The van der Waals surface area contributed by atoms with Crippen molar-refractivity contribution in [1.82, 2.24) is 0 Å². The van der Waals surface area contributed by atoms with E-state index >= 15 is 0 Å². The van der Waals surface area contributed by atoms with Crippen LogP contribution in [0, 0.1) is 0 Å². The Morgan fingerprint density at radius 2 is 1.47 bits per heavy atom. The van der Waals surface area contributed by atoms with Crippen molar-refractivity contribution in [1.29, 1.82) is 0 Å². The first-order valence-corrected chi connectivity index (χ1v) is 19.1. The molecule has 2 aromatic rings. The van der Waals surface area contributed by atoms with Gasteiger partial charge in [-0.15, -0.1) is 19.7 Å². The summed E-state index contributed by atoms with van der Waals surface area (Å²) in [4.78, 5) is 2.55. The van der Waals surface area contributed by atoms with Crippen molar-refractivity contribution in [2.75, 3.05) is 18.0 Å². The summed E-state index contributed by atoms with van der Waals surface area (Å²) in [5.74, 6) is 0. The summed E-state index contributed by atoms with van der Waals surface area (Å²) in [6.45, 7) is 35.7. The molecule has 0 atom stereocenters. The standard InChI is InChI=1S/C44H55N2.C3H6.C2H4/c1-9-12-13-21-32-46-37-29-27-33(4)35(22-10-2)41(37)43(5,6)40(46)26-18-16-14-15-17-25-39-44(7,8)42-36-24-20-19-23-34(36)28-30-38(42)45(39)31-11-3;1-3-2;1-2/h10,14-18,22-30H,2,4,9,11-13,19-21,31-32H2,1,3,5-8H3;3H,1H2,2H3;1-2H2/q+1;;/b35-22+;;. The Hall–Kier alpha value is -4.43. The van der Waals surface area contributed by atoms with Gasteiger partial charge in [0.25, 0.3) is 0 Å². The van der Waals surface area contributed by atoms with Crippen LogP contribution in [0.15, 0.2) is 111 Å². The van der Waals surface area contributed by atoms with Gasteiger partial charge in [-0.3, -0.25) is 0 Å². The van der Waals surface area contributed by atoms with E-state index in [1.807, 2.05) is 13.0 Å². The highest BCUT2D eigenvalue weighted by molar-refractivity contribution is 6.03. The highest BCUT2D eigenvalue weighted by Gasteiger charge is 2.45. The summed E-state index contributed by atoms with van der Waals surface area (Å²) in [7, 11) is 0. The zero-order valence-corrected chi connectivity index (χ0v) is 33.0. The average molecular weight is 682 g/mol. The van der Waals surface area contributed by atoms with Gasteiger partial charge in [-0.2, -0.15) is 4.58 Å². The van der Waals surface area contributed by atoms with Crippen molar-refractivity contribution in [2.24, 2.45) is 0 Å². The van der Waals surface area contributed by atoms with Crippen LogP contribution in [0.5, 0.6) is 0 Å². The van der Waals surface area contributed by atoms with Crippen LogP contribution in [0.1, 0.15) is 105 Å². The minimum atomic E-state index is -0.132. The lowest BCUT2D eigenvalue weighted by Gasteiger charge is -2.27. The van der Waals surface area contributed by atoms with Gasteiger partial charge in [0.05, 0.1) is 5.41 Å². The Morgan fingerprint density at radius 1 is 0.784 bits per heavy atom. The van der Waals surface area contributed by atoms with Gasteiger partial charge in [-0.1, -0.05) is 127 Å². The molecular formula is C49H65N2+. The molecule has 0 amide bonds. The van der Waals surface area contributed by atoms with Gasteiger partial charge >= 0.3 is 0 Å². The quantitative estimate of drug-likeness (QED) is 0.0936. The van der Waals surface area contributed by atoms with E-state index < -0.39 is 0 Å². The zero-order valence-electron chi connectivity index (χ0n) is 33.0. The molecule has 5 rings (SSSR count). The molecule has 0 fully saturated rings. The minimum Gasteiger partial charge on any atom is -0.344 e. The molecule has 2 aromatic carbocycles. The van der Waals surface area contributed by atoms with Crippen molar-refractivity contribution >= 4 is 41.9 Å². The maximum atomic E-state index is 4.35. The van der Waals surface area contributed by atoms with Crippen LogP contribution < -0.4 is 25.8 Å². The first-order valence-electron chi connectivity index (χ1n) is 19.1. The molecule has 2 heterocycles. The number of unbranched alkanes of at least 4 members (excludes halogenated alkanes) is 3. The van der Waals surface area contributed by atoms with E-state index in [9.17, 15) is 0 Å². The largest absolute Gasteiger partial charge is 0.344 e. The highest BCUT2D eigenvalue weighted by Crippen LogP contribution is 2.46. The number of anilines is 1. The summed E-state index contributed by atoms with van der Waals surface area (Å²) < 4.78 is 2.55. The van der Waals surface area contributed by atoms with Gasteiger partial charge in [-0.05, 0) is 84.7 Å². The zero-order chi connectivity index (χ0) is 37.6. The number of hydrogen-bond acceptors (Lipinski definition) is 1. The van der Waals surface area contributed by atoms with Gasteiger partial charge in [0.1, 0.15) is 6.54 Å². The van der Waals surface area contributed by atoms with Gasteiger partial charge in [0, 0.05) is 47.5 Å². The van der Waals surface area contributed by atoms with Crippen LogP contribution in [0.3, 0.4) is 0 Å². The van der Waals surface area contributed by atoms with Gasteiger partial charge in [0.2, 0.25) is 5.69 Å². The fourth-order valence-corrected chi connectivity index (χ4v) is 7.89. The van der Waals surface area contributed by atoms with Crippen molar-refractivity contribution < 1.29 is 4.58 Å². The van der Waals surface area contributed by atoms with Gasteiger partial charge < -0.3 is 4.90 Å². The maximum Gasteiger partial charge on any atom is 0.210 e. The van der Waals surface area contributed by atoms with Gasteiger partial charge in [-0.25, -0.2) is 0 Å². The fraction of sp³-hybridized carbons (Fsp3) is 0.367. The highest BCUT2D eigenvalue weighted by atomic mass is 15.2. The van der Waals surface area contributed by atoms with Crippen LogP contribution in [0.2, 0.25) is 0 Å². The van der Waals surface area contributed by atoms with E-state index in [0.29, 0.717) is 0 Å². The molecule has 1 aliphatic carbocycles. The van der Waals surface area contributed by atoms with E-state index in [2.05, 4.69) is 169 Å². The third kappa shape index (κ3) is 8.90. The average Bonchev–Trinajstić information content (AvgIpc) is 3.47. The summed E-state index contributed by atoms with van der Waals surface area (Å²) in [6.07, 6.45) is 34.6. The molecule has 0 bridgehead atoms. The molecule has 51 heavy (non-hydrogen) atoms. The van der Waals surface area contributed by atoms with E-state index in [4.69, 9.17) is 0 Å². The van der Waals surface area contributed by atoms with Crippen molar-refractivity contribution in [3.63, 3.8) is 0 Å². The summed E-state index contributed by atoms with van der Waals surface area (Å²) >= 11 is 0. The lowest BCUT2D eigenvalue weighted by atomic mass is 9.79. The molecule has 3 aliphatic rings. The summed E-state index contributed by atoms with van der Waals surface area (Å²) in [5, 5.41) is 5.11. The van der Waals surface area contributed by atoms with E-state index in [-0.39, 0.29) is 10.8 Å². The number of allylic oxidation sites excluding steroid dienone is 10. The van der Waals surface area contributed by atoms with Crippen LogP contribution >= 0.6 is 0 Å². The number of fused-ring (bicyclic) bond motifs is 4. The molecule has 0 spiro atoms. The smallest absolute Gasteiger partial charge is 0.210 e. The number of benzene rings is 2. The Morgan fingerprint density at radius 3 is 2.16 bits per heavy atom. The molecular weight excluding hydrogens is 617 g/mol. The first kappa shape index (κ1) is 41.0. The molecule has 270 valence electrons. The lowest BCUT2D eigenvalue weighted by molar-refractivity contribution is -0.437. The summed E-state index contributed by atoms with van der Waals surface area (Å²) in [6, 6.07) is 9.09. The SMILES string of the molecule is C=C.C=C/C=c1/c2c(ccc1=C)N(CCCCCC)\C(=C/C=C/C=C/C=C/C1=[N+](CCC)c3ccc4c(c3C1(C)C)=CCCC=4)C2(C)C.C=CC. The lowest BCUT2D eigenvalue weighted by Crippen LogP contribution is -2.38. The predicted molar refractivity (Wildman–Crippen MR) is 230 cm³/mol. The number of rotatable bonds is 12. The maximum absolute atomic E-state index is 4.35. The van der Waals surface area contributed by atoms with Crippen LogP contribution in [0.4, 0.5) is 11.4 Å². The number of nitrogens with zero attached hydrogens (tertiary/aromatic N) is 2.